The first kappa shape index (κ1) is 32.2. The molecule has 0 saturated heterocycles. The molecule has 11 heteroatoms. The first-order valence-electron chi connectivity index (χ1n) is 12.6. The Balaban J connectivity index is 2.30. The second-order valence-corrected chi connectivity index (χ2v) is 12.6. The number of anilines is 1. The van der Waals surface area contributed by atoms with Crippen LogP contribution in [0.5, 0.6) is 0 Å². The van der Waals surface area contributed by atoms with Crippen LogP contribution in [0.3, 0.4) is 0 Å². The number of nitrogens with one attached hydrogen (secondary N) is 1. The summed E-state index contributed by atoms with van der Waals surface area (Å²) in [7, 11) is -3.63. The van der Waals surface area contributed by atoms with Gasteiger partial charge < -0.3 is 10.2 Å². The molecule has 0 aromatic heterocycles. The summed E-state index contributed by atoms with van der Waals surface area (Å²) in [5, 5.41) is 4.25. The van der Waals surface area contributed by atoms with E-state index in [0.29, 0.717) is 32.7 Å². The predicted octanol–water partition coefficient (Wildman–Crippen LogP) is 6.22. The number of sulfonamides is 1. The van der Waals surface area contributed by atoms with Gasteiger partial charge in [0.15, 0.2) is 0 Å². The summed E-state index contributed by atoms with van der Waals surface area (Å²) in [6.45, 7) is 7.72. The van der Waals surface area contributed by atoms with Gasteiger partial charge in [0, 0.05) is 40.6 Å². The number of rotatable bonds is 13. The summed E-state index contributed by atoms with van der Waals surface area (Å²) in [6.07, 6.45) is 2.55. The maximum atomic E-state index is 13.6. The van der Waals surface area contributed by atoms with Gasteiger partial charge in [-0.25, -0.2) is 8.42 Å². The zero-order valence-electron chi connectivity index (χ0n) is 22.4. The third-order valence-electron chi connectivity index (χ3n) is 6.33. The number of halogens is 3. The van der Waals surface area contributed by atoms with Crippen LogP contribution in [0.15, 0.2) is 36.4 Å². The lowest BCUT2D eigenvalue weighted by molar-refractivity contribution is -0.141. The molecule has 0 aliphatic rings. The molecule has 38 heavy (non-hydrogen) atoms. The van der Waals surface area contributed by atoms with Crippen molar-refractivity contribution >= 4 is 62.3 Å². The average Bonchev–Trinajstić information content (AvgIpc) is 2.83. The van der Waals surface area contributed by atoms with Gasteiger partial charge in [-0.15, -0.1) is 0 Å². The van der Waals surface area contributed by atoms with Crippen molar-refractivity contribution in [2.45, 2.75) is 72.0 Å². The highest BCUT2D eigenvalue weighted by molar-refractivity contribution is 7.92. The minimum Gasteiger partial charge on any atom is -0.352 e. The van der Waals surface area contributed by atoms with E-state index in [1.165, 1.54) is 9.21 Å². The number of amides is 2. The van der Waals surface area contributed by atoms with E-state index in [0.717, 1.165) is 18.2 Å². The van der Waals surface area contributed by atoms with Gasteiger partial charge in [-0.2, -0.15) is 0 Å². The van der Waals surface area contributed by atoms with Gasteiger partial charge in [-0.05, 0) is 68.5 Å². The zero-order chi connectivity index (χ0) is 28.6. The van der Waals surface area contributed by atoms with E-state index < -0.39 is 16.1 Å². The largest absolute Gasteiger partial charge is 0.352 e. The van der Waals surface area contributed by atoms with E-state index >= 15 is 0 Å². The summed E-state index contributed by atoms with van der Waals surface area (Å²) in [6, 6.07) is 9.29. The van der Waals surface area contributed by atoms with Gasteiger partial charge in [-0.3, -0.25) is 13.9 Å². The number of hydrogen-bond acceptors (Lipinski definition) is 4. The van der Waals surface area contributed by atoms with E-state index in [-0.39, 0.29) is 43.8 Å². The first-order chi connectivity index (χ1) is 17.8. The quantitative estimate of drug-likeness (QED) is 0.294. The lowest BCUT2D eigenvalue weighted by Crippen LogP contribution is -2.50. The molecule has 0 spiro atoms. The molecular formula is C27H36Cl3N3O4S. The lowest BCUT2D eigenvalue weighted by atomic mass is 10.1. The molecule has 0 unspecified atom stereocenters. The molecular weight excluding hydrogens is 569 g/mol. The van der Waals surface area contributed by atoms with Crippen LogP contribution in [0, 0.1) is 6.92 Å². The molecule has 0 aliphatic heterocycles. The number of hydrogen-bond donors (Lipinski definition) is 1. The third kappa shape index (κ3) is 9.04. The number of nitrogens with zero attached hydrogens (tertiary/aromatic N) is 2. The average molecular weight is 605 g/mol. The number of benzene rings is 2. The van der Waals surface area contributed by atoms with Crippen molar-refractivity contribution in [2.24, 2.45) is 0 Å². The van der Waals surface area contributed by atoms with Crippen molar-refractivity contribution in [2.75, 3.05) is 17.1 Å². The van der Waals surface area contributed by atoms with Crippen LogP contribution in [0.4, 0.5) is 5.69 Å². The van der Waals surface area contributed by atoms with Crippen LogP contribution in [0.25, 0.3) is 0 Å². The number of carbonyl (C=O) groups excluding carboxylic acids is 2. The SMILES string of the molecule is CC[C@H](C(=O)N[C@@H](C)CC)N(Cc1ccc(Cl)cc1Cl)C(=O)CCCN(c1cc(Cl)ccc1C)S(C)(=O)=O. The minimum absolute atomic E-state index is 0.0317. The van der Waals surface area contributed by atoms with E-state index in [9.17, 15) is 18.0 Å². The molecule has 2 amide bonds. The highest BCUT2D eigenvalue weighted by Crippen LogP contribution is 2.27. The maximum Gasteiger partial charge on any atom is 0.243 e. The Hall–Kier alpha value is -2.00. The first-order valence-corrected chi connectivity index (χ1v) is 15.5. The molecule has 0 heterocycles. The van der Waals surface area contributed by atoms with Gasteiger partial charge in [-0.1, -0.05) is 60.8 Å². The van der Waals surface area contributed by atoms with Crippen LogP contribution in [0.2, 0.25) is 15.1 Å². The fourth-order valence-electron chi connectivity index (χ4n) is 4.03. The third-order valence-corrected chi connectivity index (χ3v) is 8.34. The van der Waals surface area contributed by atoms with Gasteiger partial charge >= 0.3 is 0 Å². The second-order valence-electron chi connectivity index (χ2n) is 9.37. The Labute approximate surface area is 241 Å². The Morgan fingerprint density at radius 3 is 2.21 bits per heavy atom. The van der Waals surface area contributed by atoms with E-state index in [1.807, 2.05) is 20.8 Å². The summed E-state index contributed by atoms with van der Waals surface area (Å²) in [4.78, 5) is 28.2. The van der Waals surface area contributed by atoms with E-state index in [2.05, 4.69) is 5.32 Å². The predicted molar refractivity (Wildman–Crippen MR) is 157 cm³/mol. The molecule has 0 saturated carbocycles. The standard InChI is InChI=1S/C27H36Cl3N3O4S/c1-6-19(4)31-27(35)24(7-2)32(17-20-11-13-21(28)15-23(20)30)26(34)9-8-14-33(38(5,36)37)25-16-22(29)12-10-18(25)3/h10-13,15-16,19,24H,6-9,14,17H2,1-5H3,(H,31,35)/t19-,24+/m0/s1. The highest BCUT2D eigenvalue weighted by atomic mass is 35.5. The van der Waals surface area contributed by atoms with Crippen molar-refractivity contribution in [3.8, 4) is 0 Å². The van der Waals surface area contributed by atoms with Crippen LogP contribution < -0.4 is 9.62 Å². The Morgan fingerprint density at radius 1 is 1.00 bits per heavy atom. The van der Waals surface area contributed by atoms with Crippen molar-refractivity contribution in [1.82, 2.24) is 10.2 Å². The molecule has 2 rings (SSSR count). The Bertz CT molecular complexity index is 1240. The Kier molecular flexibility index (Phi) is 12.2. The van der Waals surface area contributed by atoms with Gasteiger partial charge in [0.25, 0.3) is 0 Å². The molecule has 2 aromatic carbocycles. The smallest absolute Gasteiger partial charge is 0.243 e. The van der Waals surface area contributed by atoms with E-state index in [4.69, 9.17) is 34.8 Å². The fourth-order valence-corrected chi connectivity index (χ4v) is 5.68. The topological polar surface area (TPSA) is 86.8 Å². The lowest BCUT2D eigenvalue weighted by Gasteiger charge is -2.32. The minimum atomic E-state index is -3.63. The normalized spacial score (nSPS) is 13.1. The van der Waals surface area contributed by atoms with Gasteiger partial charge in [0.1, 0.15) is 6.04 Å². The van der Waals surface area contributed by atoms with Gasteiger partial charge in [0.2, 0.25) is 21.8 Å². The number of aryl methyl sites for hydroxylation is 1. The summed E-state index contributed by atoms with van der Waals surface area (Å²) in [5.74, 6) is -0.522. The molecule has 1 N–H and O–H groups in total. The highest BCUT2D eigenvalue weighted by Gasteiger charge is 2.30. The summed E-state index contributed by atoms with van der Waals surface area (Å²) >= 11 is 18.6. The second kappa shape index (κ2) is 14.4. The zero-order valence-corrected chi connectivity index (χ0v) is 25.5. The Morgan fingerprint density at radius 2 is 1.63 bits per heavy atom. The van der Waals surface area contributed by atoms with Crippen LogP contribution in [-0.4, -0.2) is 50.0 Å². The molecule has 0 fully saturated rings. The van der Waals surface area contributed by atoms with Crippen molar-refractivity contribution in [3.63, 3.8) is 0 Å². The van der Waals surface area contributed by atoms with Crippen LogP contribution in [0.1, 0.15) is 57.6 Å². The van der Waals surface area contributed by atoms with Gasteiger partial charge in [0.05, 0.1) is 11.9 Å². The summed E-state index contributed by atoms with van der Waals surface area (Å²) < 4.78 is 26.4. The maximum absolute atomic E-state index is 13.6. The molecule has 2 atom stereocenters. The van der Waals surface area contributed by atoms with Crippen LogP contribution in [-0.2, 0) is 26.2 Å². The summed E-state index contributed by atoms with van der Waals surface area (Å²) in [5.41, 5.74) is 1.88. The molecule has 0 radical (unpaired) electrons. The fraction of sp³-hybridized carbons (Fsp3) is 0.481. The number of carbonyl (C=O) groups is 2. The van der Waals surface area contributed by atoms with Crippen molar-refractivity contribution < 1.29 is 18.0 Å². The van der Waals surface area contributed by atoms with Crippen molar-refractivity contribution in [1.29, 1.82) is 0 Å². The van der Waals surface area contributed by atoms with E-state index in [1.54, 1.807) is 43.3 Å². The molecule has 0 aliphatic carbocycles. The van der Waals surface area contributed by atoms with Crippen LogP contribution >= 0.6 is 34.8 Å². The molecule has 7 nitrogen and oxygen atoms in total. The molecule has 0 bridgehead atoms. The monoisotopic (exact) mass is 603 g/mol. The van der Waals surface area contributed by atoms with Crippen molar-refractivity contribution in [3.05, 3.63) is 62.6 Å². The molecule has 210 valence electrons. The molecule has 2 aromatic rings.